The lowest BCUT2D eigenvalue weighted by molar-refractivity contribution is -0.157. The predicted octanol–water partition coefficient (Wildman–Crippen LogP) is 1.34. The Morgan fingerprint density at radius 3 is 2.38 bits per heavy atom. The number of aromatic nitrogens is 2. The Labute approximate surface area is 210 Å². The number of nitrogens with zero attached hydrogens (tertiary/aromatic N) is 2. The number of hydrogen-bond acceptors (Lipinski definition) is 8. The van der Waals surface area contributed by atoms with Crippen molar-refractivity contribution in [1.29, 1.82) is 0 Å². The smallest absolute Gasteiger partial charge is 0.431 e. The van der Waals surface area contributed by atoms with Crippen LogP contribution in [-0.2, 0) is 37.1 Å². The van der Waals surface area contributed by atoms with E-state index in [1.165, 1.54) is 6.92 Å². The lowest BCUT2D eigenvalue weighted by atomic mass is 10.2. The minimum atomic E-state index is -5.01. The third kappa shape index (κ3) is 7.31. The van der Waals surface area contributed by atoms with Gasteiger partial charge in [0.2, 0.25) is 0 Å². The summed E-state index contributed by atoms with van der Waals surface area (Å²) in [5.41, 5.74) is -5.26. The monoisotopic (exact) mass is 553 g/mol. The molecule has 1 aromatic heterocycles. The number of nitrogens with one attached hydrogen (secondary N) is 1. The number of halogens is 5. The van der Waals surface area contributed by atoms with Crippen LogP contribution in [0.15, 0.2) is 27.8 Å². The van der Waals surface area contributed by atoms with E-state index in [2.05, 4.69) is 14.8 Å². The summed E-state index contributed by atoms with van der Waals surface area (Å²) in [5.74, 6) is -3.92. The van der Waals surface area contributed by atoms with Gasteiger partial charge in [-0.1, -0.05) is 11.6 Å². The van der Waals surface area contributed by atoms with Crippen molar-refractivity contribution in [2.75, 3.05) is 20.3 Å². The summed E-state index contributed by atoms with van der Waals surface area (Å²) in [5, 5.41) is 1.97. The van der Waals surface area contributed by atoms with Crippen molar-refractivity contribution in [3.63, 3.8) is 0 Å². The number of amides is 1. The van der Waals surface area contributed by atoms with Crippen LogP contribution in [0.25, 0.3) is 5.69 Å². The van der Waals surface area contributed by atoms with E-state index in [1.807, 2.05) is 0 Å². The summed E-state index contributed by atoms with van der Waals surface area (Å²) in [7, 11) is 1.86. The van der Waals surface area contributed by atoms with Crippen LogP contribution in [0.1, 0.15) is 19.0 Å². The van der Waals surface area contributed by atoms with Crippen molar-refractivity contribution in [3.8, 4) is 11.4 Å². The molecule has 0 spiro atoms. The Kier molecular flexibility index (Phi) is 9.44. The second kappa shape index (κ2) is 11.9. The first kappa shape index (κ1) is 29.4. The first-order chi connectivity index (χ1) is 17.2. The van der Waals surface area contributed by atoms with E-state index < -0.39 is 65.2 Å². The highest BCUT2D eigenvalue weighted by atomic mass is 35.5. The molecule has 0 radical (unpaired) electrons. The van der Waals surface area contributed by atoms with Crippen LogP contribution in [-0.4, -0.2) is 53.3 Å². The standard InChI is InChI=1S/C21H20ClF4N3O8/c1-10(19(33)27-5-4-17(31)36-9-18(32)35-3)37-14-7-13(12(23)6-11(14)22)29-16(30)8-15(21(24,25)26)28(2)20(29)34/h6-8,10H,4-5,9H2,1-3H3,(H,27,33). The number of esters is 2. The van der Waals surface area contributed by atoms with Gasteiger partial charge in [-0.25, -0.2) is 18.5 Å². The van der Waals surface area contributed by atoms with E-state index in [4.69, 9.17) is 16.3 Å². The lowest BCUT2D eigenvalue weighted by Crippen LogP contribution is -2.41. The van der Waals surface area contributed by atoms with E-state index in [1.54, 1.807) is 0 Å². The molecular weight excluding hydrogens is 534 g/mol. The number of benzene rings is 1. The maximum Gasteiger partial charge on any atom is 0.431 e. The molecule has 1 amide bonds. The molecule has 11 nitrogen and oxygen atoms in total. The topological polar surface area (TPSA) is 135 Å². The average molecular weight is 554 g/mol. The van der Waals surface area contributed by atoms with Crippen molar-refractivity contribution in [1.82, 2.24) is 14.5 Å². The summed E-state index contributed by atoms with van der Waals surface area (Å²) >= 11 is 5.94. The van der Waals surface area contributed by atoms with Crippen LogP contribution in [0.4, 0.5) is 17.6 Å². The molecule has 37 heavy (non-hydrogen) atoms. The Morgan fingerprint density at radius 2 is 1.78 bits per heavy atom. The fourth-order valence-electron chi connectivity index (χ4n) is 2.85. The van der Waals surface area contributed by atoms with Gasteiger partial charge in [-0.3, -0.25) is 19.0 Å². The molecule has 0 aliphatic rings. The maximum atomic E-state index is 14.6. The van der Waals surface area contributed by atoms with Crippen molar-refractivity contribution in [3.05, 3.63) is 55.6 Å². The second-order valence-corrected chi connectivity index (χ2v) is 7.72. The maximum absolute atomic E-state index is 14.6. The molecule has 202 valence electrons. The zero-order valence-electron chi connectivity index (χ0n) is 19.5. The summed E-state index contributed by atoms with van der Waals surface area (Å²) < 4.78 is 68.4. The van der Waals surface area contributed by atoms with Gasteiger partial charge in [0.1, 0.15) is 17.3 Å². The Hall–Kier alpha value is -3.88. The molecule has 1 heterocycles. The zero-order valence-corrected chi connectivity index (χ0v) is 20.2. The highest BCUT2D eigenvalue weighted by molar-refractivity contribution is 6.32. The number of methoxy groups -OCH3 is 1. The van der Waals surface area contributed by atoms with Gasteiger partial charge in [0.05, 0.1) is 24.2 Å². The fraction of sp³-hybridized carbons (Fsp3) is 0.381. The molecule has 1 N–H and O–H groups in total. The fourth-order valence-corrected chi connectivity index (χ4v) is 3.04. The molecule has 1 aromatic carbocycles. The minimum Gasteiger partial charge on any atom is -0.479 e. The van der Waals surface area contributed by atoms with Gasteiger partial charge in [0.25, 0.3) is 11.5 Å². The van der Waals surface area contributed by atoms with Gasteiger partial charge in [0, 0.05) is 25.7 Å². The zero-order chi connectivity index (χ0) is 28.1. The van der Waals surface area contributed by atoms with Gasteiger partial charge in [0.15, 0.2) is 12.7 Å². The Morgan fingerprint density at radius 1 is 1.14 bits per heavy atom. The number of ether oxygens (including phenoxy) is 3. The SMILES string of the molecule is COC(=O)COC(=O)CCNC(=O)C(C)Oc1cc(-n2c(=O)cc(C(F)(F)F)n(C)c2=O)c(F)cc1Cl. The number of alkyl halides is 3. The van der Waals surface area contributed by atoms with Crippen LogP contribution in [0, 0.1) is 5.82 Å². The van der Waals surface area contributed by atoms with Crippen LogP contribution < -0.4 is 21.3 Å². The quantitative estimate of drug-likeness (QED) is 0.363. The molecule has 0 bridgehead atoms. The number of hydrogen-bond donors (Lipinski definition) is 1. The molecule has 1 atom stereocenters. The molecule has 0 saturated heterocycles. The Bertz CT molecular complexity index is 1320. The predicted molar refractivity (Wildman–Crippen MR) is 118 cm³/mol. The summed E-state index contributed by atoms with van der Waals surface area (Å²) in [4.78, 5) is 59.5. The van der Waals surface area contributed by atoms with E-state index in [0.29, 0.717) is 6.07 Å². The number of carbonyl (C=O) groups is 3. The van der Waals surface area contributed by atoms with Crippen molar-refractivity contribution in [2.45, 2.75) is 25.6 Å². The van der Waals surface area contributed by atoms with Gasteiger partial charge >= 0.3 is 23.8 Å². The number of rotatable bonds is 9. The molecule has 0 saturated carbocycles. The number of carbonyl (C=O) groups excluding carboxylic acids is 3. The molecule has 2 aromatic rings. The highest BCUT2D eigenvalue weighted by Gasteiger charge is 2.35. The van der Waals surface area contributed by atoms with Crippen molar-refractivity contribution >= 4 is 29.4 Å². The summed E-state index contributed by atoms with van der Waals surface area (Å²) in [6, 6.07) is 1.56. The van der Waals surface area contributed by atoms with Crippen LogP contribution in [0.3, 0.4) is 0 Å². The molecule has 16 heteroatoms. The molecular formula is C21H20ClF4N3O8. The van der Waals surface area contributed by atoms with E-state index in [9.17, 15) is 41.5 Å². The normalized spacial score (nSPS) is 12.0. The minimum absolute atomic E-state index is 0.127. The molecule has 0 aliphatic heterocycles. The van der Waals surface area contributed by atoms with Gasteiger partial charge in [-0.2, -0.15) is 13.2 Å². The summed E-state index contributed by atoms with van der Waals surface area (Å²) in [6.07, 6.45) is -6.61. The van der Waals surface area contributed by atoms with E-state index >= 15 is 0 Å². The average Bonchev–Trinajstić information content (AvgIpc) is 2.81. The van der Waals surface area contributed by atoms with Crippen LogP contribution >= 0.6 is 11.6 Å². The van der Waals surface area contributed by atoms with Crippen molar-refractivity contribution < 1.29 is 46.2 Å². The third-order valence-corrected chi connectivity index (χ3v) is 5.03. The third-order valence-electron chi connectivity index (χ3n) is 4.73. The molecule has 2 rings (SSSR count). The molecule has 0 fully saturated rings. The second-order valence-electron chi connectivity index (χ2n) is 7.31. The van der Waals surface area contributed by atoms with E-state index in [-0.39, 0.29) is 38.9 Å². The van der Waals surface area contributed by atoms with Crippen molar-refractivity contribution in [2.24, 2.45) is 7.05 Å². The Balaban J connectivity index is 2.20. The molecule has 0 aliphatic carbocycles. The van der Waals surface area contributed by atoms with Crippen LogP contribution in [0.5, 0.6) is 5.75 Å². The highest BCUT2D eigenvalue weighted by Crippen LogP contribution is 2.30. The van der Waals surface area contributed by atoms with Crippen LogP contribution in [0.2, 0.25) is 5.02 Å². The van der Waals surface area contributed by atoms with Gasteiger partial charge < -0.3 is 19.5 Å². The van der Waals surface area contributed by atoms with Gasteiger partial charge in [-0.15, -0.1) is 0 Å². The first-order valence-corrected chi connectivity index (χ1v) is 10.6. The largest absolute Gasteiger partial charge is 0.479 e. The summed E-state index contributed by atoms with van der Waals surface area (Å²) in [6.45, 7) is 0.457. The van der Waals surface area contributed by atoms with E-state index in [0.717, 1.165) is 20.2 Å². The van der Waals surface area contributed by atoms with Gasteiger partial charge in [-0.05, 0) is 13.0 Å². The molecule has 1 unspecified atom stereocenters. The first-order valence-electron chi connectivity index (χ1n) is 10.2. The lowest BCUT2D eigenvalue weighted by Gasteiger charge is -2.18.